The van der Waals surface area contributed by atoms with Gasteiger partial charge >= 0.3 is 0 Å². The Morgan fingerprint density at radius 1 is 1.21 bits per heavy atom. The van der Waals surface area contributed by atoms with Crippen LogP contribution in [0.25, 0.3) is 10.9 Å². The van der Waals surface area contributed by atoms with Crippen molar-refractivity contribution in [2.45, 2.75) is 32.6 Å². The molecule has 19 heavy (non-hydrogen) atoms. The number of fused-ring (bicyclic) bond motifs is 1. The molecule has 0 amide bonds. The third kappa shape index (κ3) is 1.90. The topological polar surface area (TPSA) is 32.9 Å². The van der Waals surface area contributed by atoms with Crippen LogP contribution >= 0.6 is 0 Å². The number of rotatable bonds is 4. The Kier molecular flexibility index (Phi) is 2.35. The van der Waals surface area contributed by atoms with Gasteiger partial charge in [-0.15, -0.1) is 0 Å². The lowest BCUT2D eigenvalue weighted by Gasteiger charge is -2.13. The summed E-state index contributed by atoms with van der Waals surface area (Å²) in [5.74, 6) is 2.05. The standard InChI is InChI=1S/C17H19NO/c1-10-2-7-15-13(8-10)14(9-18-15)17(19)16(11-3-4-11)12-5-6-12/h2,7-9,11-12,16,18H,3-6H2,1H3. The van der Waals surface area contributed by atoms with Crippen LogP contribution in [0.5, 0.6) is 0 Å². The van der Waals surface area contributed by atoms with Crippen LogP contribution in [-0.2, 0) is 0 Å². The predicted octanol–water partition coefficient (Wildman–Crippen LogP) is 4.10. The van der Waals surface area contributed by atoms with Gasteiger partial charge in [-0.1, -0.05) is 11.6 Å². The average Bonchev–Trinajstić information content (AvgIpc) is 3.30. The molecule has 0 aliphatic heterocycles. The van der Waals surface area contributed by atoms with E-state index in [2.05, 4.69) is 30.1 Å². The van der Waals surface area contributed by atoms with Crippen molar-refractivity contribution in [3.63, 3.8) is 0 Å². The first-order valence-electron chi connectivity index (χ1n) is 7.36. The smallest absolute Gasteiger partial charge is 0.168 e. The first-order valence-corrected chi connectivity index (χ1v) is 7.36. The van der Waals surface area contributed by atoms with E-state index in [1.807, 2.05) is 6.20 Å². The monoisotopic (exact) mass is 253 g/mol. The summed E-state index contributed by atoms with van der Waals surface area (Å²) in [5.41, 5.74) is 3.22. The number of H-pyrrole nitrogens is 1. The first-order chi connectivity index (χ1) is 9.24. The maximum atomic E-state index is 12.9. The largest absolute Gasteiger partial charge is 0.360 e. The van der Waals surface area contributed by atoms with Gasteiger partial charge in [0.25, 0.3) is 0 Å². The number of aryl methyl sites for hydroxylation is 1. The number of aromatic nitrogens is 1. The van der Waals surface area contributed by atoms with Crippen molar-refractivity contribution in [3.05, 3.63) is 35.5 Å². The SMILES string of the molecule is Cc1ccc2[nH]cc(C(=O)C(C3CC3)C3CC3)c2c1. The van der Waals surface area contributed by atoms with Crippen molar-refractivity contribution in [1.29, 1.82) is 0 Å². The molecule has 2 heteroatoms. The quantitative estimate of drug-likeness (QED) is 0.818. The third-order valence-electron chi connectivity index (χ3n) is 4.67. The van der Waals surface area contributed by atoms with Crippen molar-refractivity contribution in [1.82, 2.24) is 4.98 Å². The zero-order chi connectivity index (χ0) is 13.0. The Morgan fingerprint density at radius 2 is 1.89 bits per heavy atom. The van der Waals surface area contributed by atoms with Crippen molar-refractivity contribution >= 4 is 16.7 Å². The number of ketones is 1. The van der Waals surface area contributed by atoms with Crippen molar-refractivity contribution in [2.24, 2.45) is 17.8 Å². The summed E-state index contributed by atoms with van der Waals surface area (Å²) in [6, 6.07) is 6.30. The molecular weight excluding hydrogens is 234 g/mol. The predicted molar refractivity (Wildman–Crippen MR) is 76.3 cm³/mol. The third-order valence-corrected chi connectivity index (χ3v) is 4.67. The molecule has 0 saturated heterocycles. The van der Waals surface area contributed by atoms with E-state index in [0.29, 0.717) is 23.5 Å². The van der Waals surface area contributed by atoms with Gasteiger partial charge in [0.15, 0.2) is 5.78 Å². The van der Waals surface area contributed by atoms with Crippen molar-refractivity contribution in [3.8, 4) is 0 Å². The summed E-state index contributed by atoms with van der Waals surface area (Å²) in [7, 11) is 0. The molecule has 2 fully saturated rings. The van der Waals surface area contributed by atoms with E-state index >= 15 is 0 Å². The normalized spacial score (nSPS) is 19.3. The minimum Gasteiger partial charge on any atom is -0.360 e. The maximum absolute atomic E-state index is 12.9. The first kappa shape index (κ1) is 11.3. The number of carbonyl (C=O) groups is 1. The Hall–Kier alpha value is -1.57. The Labute approximate surface area is 113 Å². The molecule has 2 nitrogen and oxygen atoms in total. The van der Waals surface area contributed by atoms with Crippen LogP contribution in [0.3, 0.4) is 0 Å². The van der Waals surface area contributed by atoms with Gasteiger partial charge in [0.1, 0.15) is 0 Å². The minimum atomic E-state index is 0.305. The highest BCUT2D eigenvalue weighted by Gasteiger charge is 2.45. The summed E-state index contributed by atoms with van der Waals surface area (Å²) in [5, 5.41) is 1.11. The number of hydrogen-bond donors (Lipinski definition) is 1. The molecule has 1 heterocycles. The van der Waals surface area contributed by atoms with E-state index in [0.717, 1.165) is 16.5 Å². The zero-order valence-electron chi connectivity index (χ0n) is 11.3. The van der Waals surface area contributed by atoms with Crippen molar-refractivity contribution < 1.29 is 4.79 Å². The number of hydrogen-bond acceptors (Lipinski definition) is 1. The Bertz CT molecular complexity index is 634. The van der Waals surface area contributed by atoms with Crippen LogP contribution in [0, 0.1) is 24.7 Å². The van der Waals surface area contributed by atoms with Crippen LogP contribution < -0.4 is 0 Å². The molecule has 98 valence electrons. The molecule has 2 aliphatic carbocycles. The van der Waals surface area contributed by atoms with Gasteiger partial charge in [0, 0.05) is 28.6 Å². The molecular formula is C17H19NO. The lowest BCUT2D eigenvalue weighted by atomic mass is 9.88. The van der Waals surface area contributed by atoms with Gasteiger partial charge < -0.3 is 4.98 Å². The fraction of sp³-hybridized carbons (Fsp3) is 0.471. The Morgan fingerprint density at radius 3 is 2.53 bits per heavy atom. The fourth-order valence-electron chi connectivity index (χ4n) is 3.34. The van der Waals surface area contributed by atoms with E-state index in [9.17, 15) is 4.79 Å². The fourth-order valence-corrected chi connectivity index (χ4v) is 3.34. The lowest BCUT2D eigenvalue weighted by molar-refractivity contribution is 0.0888. The average molecular weight is 253 g/mol. The second-order valence-electron chi connectivity index (χ2n) is 6.32. The molecule has 0 unspecified atom stereocenters. The van der Waals surface area contributed by atoms with Gasteiger partial charge in [0.2, 0.25) is 0 Å². The second-order valence-corrected chi connectivity index (χ2v) is 6.32. The molecule has 0 bridgehead atoms. The number of carbonyl (C=O) groups excluding carboxylic acids is 1. The van der Waals surface area contributed by atoms with Crippen LogP contribution in [0.1, 0.15) is 41.6 Å². The van der Waals surface area contributed by atoms with Gasteiger partial charge in [-0.2, -0.15) is 0 Å². The highest BCUT2D eigenvalue weighted by Crippen LogP contribution is 2.50. The van der Waals surface area contributed by atoms with E-state index in [-0.39, 0.29) is 0 Å². The molecule has 1 aromatic heterocycles. The summed E-state index contributed by atoms with van der Waals surface area (Å²) < 4.78 is 0. The lowest BCUT2D eigenvalue weighted by Crippen LogP contribution is -2.18. The number of Topliss-reactive ketones (excluding diaryl/α,β-unsaturated/α-hetero) is 1. The summed E-state index contributed by atoms with van der Waals surface area (Å²) in [6.45, 7) is 2.08. The molecule has 2 aliphatic rings. The van der Waals surface area contributed by atoms with E-state index in [1.165, 1.54) is 31.2 Å². The van der Waals surface area contributed by atoms with E-state index in [1.54, 1.807) is 0 Å². The highest BCUT2D eigenvalue weighted by atomic mass is 16.1. The second kappa shape index (κ2) is 3.96. The summed E-state index contributed by atoms with van der Waals surface area (Å²) >= 11 is 0. The van der Waals surface area contributed by atoms with Gasteiger partial charge in [-0.05, 0) is 56.6 Å². The van der Waals surface area contributed by atoms with E-state index < -0.39 is 0 Å². The summed E-state index contributed by atoms with van der Waals surface area (Å²) in [4.78, 5) is 16.1. The van der Waals surface area contributed by atoms with Gasteiger partial charge in [-0.25, -0.2) is 0 Å². The summed E-state index contributed by atoms with van der Waals surface area (Å²) in [6.07, 6.45) is 6.95. The number of benzene rings is 1. The van der Waals surface area contributed by atoms with E-state index in [4.69, 9.17) is 0 Å². The molecule has 2 saturated carbocycles. The molecule has 0 radical (unpaired) electrons. The van der Waals surface area contributed by atoms with Crippen LogP contribution in [-0.4, -0.2) is 10.8 Å². The van der Waals surface area contributed by atoms with Crippen LogP contribution in [0.2, 0.25) is 0 Å². The molecule has 2 aromatic rings. The van der Waals surface area contributed by atoms with Crippen LogP contribution in [0.4, 0.5) is 0 Å². The van der Waals surface area contributed by atoms with Crippen LogP contribution in [0.15, 0.2) is 24.4 Å². The molecule has 1 aromatic carbocycles. The Balaban J connectivity index is 1.76. The number of aromatic amines is 1. The van der Waals surface area contributed by atoms with Gasteiger partial charge in [-0.3, -0.25) is 4.79 Å². The molecule has 0 atom stereocenters. The van der Waals surface area contributed by atoms with Gasteiger partial charge in [0.05, 0.1) is 0 Å². The molecule has 1 N–H and O–H groups in total. The molecule has 4 rings (SSSR count). The maximum Gasteiger partial charge on any atom is 0.168 e. The molecule has 0 spiro atoms. The van der Waals surface area contributed by atoms with Crippen molar-refractivity contribution in [2.75, 3.05) is 0 Å². The highest BCUT2D eigenvalue weighted by molar-refractivity contribution is 6.09. The number of nitrogens with one attached hydrogen (secondary N) is 1. The zero-order valence-corrected chi connectivity index (χ0v) is 11.3. The minimum absolute atomic E-state index is 0.305.